The molecular formula is C26H34N2O4. The number of benzene rings is 2. The van der Waals surface area contributed by atoms with Crippen LogP contribution in [0, 0.1) is 17.2 Å². The van der Waals surface area contributed by atoms with Crippen LogP contribution in [-0.4, -0.2) is 43.9 Å². The van der Waals surface area contributed by atoms with E-state index in [0.717, 1.165) is 31.0 Å². The number of amides is 1. The fourth-order valence-corrected chi connectivity index (χ4v) is 3.68. The van der Waals surface area contributed by atoms with E-state index in [0.29, 0.717) is 17.4 Å². The van der Waals surface area contributed by atoms with Gasteiger partial charge in [0.2, 0.25) is 0 Å². The highest BCUT2D eigenvalue weighted by atomic mass is 16.6. The average molecular weight is 439 g/mol. The van der Waals surface area contributed by atoms with E-state index in [4.69, 9.17) is 19.5 Å². The lowest BCUT2D eigenvalue weighted by Gasteiger charge is -2.37. The summed E-state index contributed by atoms with van der Waals surface area (Å²) in [6, 6.07) is 17.3. The van der Waals surface area contributed by atoms with Crippen molar-refractivity contribution in [3.05, 3.63) is 59.7 Å². The van der Waals surface area contributed by atoms with Crippen molar-refractivity contribution in [3.63, 3.8) is 0 Å². The van der Waals surface area contributed by atoms with Crippen molar-refractivity contribution in [2.24, 2.45) is 5.92 Å². The van der Waals surface area contributed by atoms with Crippen LogP contribution < -0.4 is 9.47 Å². The number of hydrogen-bond donors (Lipinski definition) is 0. The van der Waals surface area contributed by atoms with Gasteiger partial charge in [0.1, 0.15) is 17.1 Å². The molecule has 3 rings (SSSR count). The molecule has 1 fully saturated rings. The maximum Gasteiger partial charge on any atom is 0.410 e. The van der Waals surface area contributed by atoms with E-state index < -0.39 is 5.60 Å². The monoisotopic (exact) mass is 438 g/mol. The Hall–Kier alpha value is -3.20. The third-order valence-electron chi connectivity index (χ3n) is 5.30. The normalized spacial score (nSPS) is 18.0. The number of nitrogens with zero attached hydrogens (tertiary/aromatic N) is 2. The van der Waals surface area contributed by atoms with Gasteiger partial charge in [0.05, 0.1) is 25.9 Å². The van der Waals surface area contributed by atoms with Crippen LogP contribution >= 0.6 is 0 Å². The van der Waals surface area contributed by atoms with Crippen molar-refractivity contribution < 1.29 is 19.0 Å². The van der Waals surface area contributed by atoms with Gasteiger partial charge in [0.25, 0.3) is 0 Å². The van der Waals surface area contributed by atoms with Crippen LogP contribution in [0.15, 0.2) is 48.5 Å². The number of rotatable bonds is 3. The first-order chi connectivity index (χ1) is 15.2. The van der Waals surface area contributed by atoms with Gasteiger partial charge in [-0.1, -0.05) is 25.1 Å². The highest BCUT2D eigenvalue weighted by Crippen LogP contribution is 2.34. The smallest absolute Gasteiger partial charge is 0.410 e. The third kappa shape index (κ3) is 7.49. The Labute approximate surface area is 191 Å². The SMILES string of the molecule is COc1ccc([C@@H]2CCN(C(=O)OC(C)(C)C)CC2C)cc1.COc1cccc(C#N)c1. The Kier molecular flexibility index (Phi) is 8.95. The number of methoxy groups -OCH3 is 2. The van der Waals surface area contributed by atoms with Crippen molar-refractivity contribution in [1.29, 1.82) is 5.26 Å². The molecular weight excluding hydrogens is 404 g/mol. The predicted octanol–water partition coefficient (Wildman–Crippen LogP) is 5.62. The van der Waals surface area contributed by atoms with E-state index in [1.165, 1.54) is 5.56 Å². The molecule has 0 bridgehead atoms. The molecule has 0 aliphatic carbocycles. The highest BCUT2D eigenvalue weighted by molar-refractivity contribution is 5.68. The van der Waals surface area contributed by atoms with Crippen molar-refractivity contribution >= 4 is 6.09 Å². The molecule has 0 N–H and O–H groups in total. The Bertz CT molecular complexity index is 913. The molecule has 0 aromatic heterocycles. The van der Waals surface area contributed by atoms with E-state index in [1.807, 2.05) is 43.9 Å². The minimum absolute atomic E-state index is 0.201. The zero-order chi connectivity index (χ0) is 23.7. The summed E-state index contributed by atoms with van der Waals surface area (Å²) in [5.41, 5.74) is 1.50. The first-order valence-corrected chi connectivity index (χ1v) is 10.8. The summed E-state index contributed by atoms with van der Waals surface area (Å²) in [7, 11) is 3.26. The molecule has 1 aliphatic heterocycles. The molecule has 1 amide bonds. The number of likely N-dealkylation sites (tertiary alicyclic amines) is 1. The largest absolute Gasteiger partial charge is 0.497 e. The zero-order valence-corrected chi connectivity index (χ0v) is 19.9. The fraction of sp³-hybridized carbons (Fsp3) is 0.462. The third-order valence-corrected chi connectivity index (χ3v) is 5.30. The van der Waals surface area contributed by atoms with Gasteiger partial charge in [-0.3, -0.25) is 0 Å². The van der Waals surface area contributed by atoms with Gasteiger partial charge in [-0.15, -0.1) is 0 Å². The van der Waals surface area contributed by atoms with E-state index in [1.54, 1.807) is 38.5 Å². The number of piperidine rings is 1. The van der Waals surface area contributed by atoms with Gasteiger partial charge in [-0.25, -0.2) is 4.79 Å². The molecule has 0 radical (unpaired) electrons. The Morgan fingerprint density at radius 3 is 2.25 bits per heavy atom. The molecule has 6 heteroatoms. The summed E-state index contributed by atoms with van der Waals surface area (Å²) in [4.78, 5) is 14.0. The van der Waals surface area contributed by atoms with Gasteiger partial charge < -0.3 is 19.1 Å². The summed E-state index contributed by atoms with van der Waals surface area (Å²) in [5, 5.41) is 8.45. The molecule has 2 atom stereocenters. The maximum atomic E-state index is 12.2. The van der Waals surface area contributed by atoms with Crippen LogP contribution in [0.4, 0.5) is 4.79 Å². The Morgan fingerprint density at radius 2 is 1.72 bits per heavy atom. The molecule has 0 saturated carbocycles. The van der Waals surface area contributed by atoms with E-state index in [9.17, 15) is 4.79 Å². The second-order valence-electron chi connectivity index (χ2n) is 8.92. The van der Waals surface area contributed by atoms with Crippen molar-refractivity contribution in [2.75, 3.05) is 27.3 Å². The molecule has 1 saturated heterocycles. The first-order valence-electron chi connectivity index (χ1n) is 10.8. The minimum Gasteiger partial charge on any atom is -0.497 e. The molecule has 172 valence electrons. The van der Waals surface area contributed by atoms with Gasteiger partial charge in [0, 0.05) is 13.1 Å². The van der Waals surface area contributed by atoms with Gasteiger partial charge in [-0.05, 0) is 74.9 Å². The van der Waals surface area contributed by atoms with Crippen molar-refractivity contribution in [2.45, 2.75) is 45.6 Å². The summed E-state index contributed by atoms with van der Waals surface area (Å²) in [6.45, 7) is 9.39. The summed E-state index contributed by atoms with van der Waals surface area (Å²) >= 11 is 0. The van der Waals surface area contributed by atoms with Crippen LogP contribution in [0.1, 0.15) is 51.2 Å². The number of carbonyl (C=O) groups is 1. The molecule has 32 heavy (non-hydrogen) atoms. The summed E-state index contributed by atoms with van der Waals surface area (Å²) in [5.74, 6) is 2.49. The van der Waals surface area contributed by atoms with Crippen LogP contribution in [0.2, 0.25) is 0 Å². The molecule has 1 heterocycles. The molecule has 1 unspecified atom stereocenters. The molecule has 2 aromatic rings. The molecule has 0 spiro atoms. The number of nitriles is 1. The number of hydrogen-bond acceptors (Lipinski definition) is 5. The van der Waals surface area contributed by atoms with Gasteiger partial charge >= 0.3 is 6.09 Å². The number of carbonyl (C=O) groups excluding carboxylic acids is 1. The Morgan fingerprint density at radius 1 is 1.06 bits per heavy atom. The van der Waals surface area contributed by atoms with Gasteiger partial charge in [-0.2, -0.15) is 5.26 Å². The van der Waals surface area contributed by atoms with Crippen molar-refractivity contribution in [1.82, 2.24) is 4.90 Å². The second-order valence-corrected chi connectivity index (χ2v) is 8.92. The van der Waals surface area contributed by atoms with E-state index >= 15 is 0 Å². The van der Waals surface area contributed by atoms with Gasteiger partial charge in [0.15, 0.2) is 0 Å². The lowest BCUT2D eigenvalue weighted by atomic mass is 9.82. The molecule has 1 aliphatic rings. The topological polar surface area (TPSA) is 71.8 Å². The van der Waals surface area contributed by atoms with Crippen molar-refractivity contribution in [3.8, 4) is 17.6 Å². The van der Waals surface area contributed by atoms with Crippen LogP contribution in [0.25, 0.3) is 0 Å². The molecule has 2 aromatic carbocycles. The number of ether oxygens (including phenoxy) is 3. The highest BCUT2D eigenvalue weighted by Gasteiger charge is 2.31. The lowest BCUT2D eigenvalue weighted by molar-refractivity contribution is 0.0155. The second kappa shape index (κ2) is 11.4. The average Bonchev–Trinajstić information content (AvgIpc) is 2.78. The maximum absolute atomic E-state index is 12.2. The van der Waals surface area contributed by atoms with E-state index in [2.05, 4.69) is 19.1 Å². The molecule has 6 nitrogen and oxygen atoms in total. The van der Waals surface area contributed by atoms with Crippen LogP contribution in [0.3, 0.4) is 0 Å². The van der Waals surface area contributed by atoms with E-state index in [-0.39, 0.29) is 6.09 Å². The standard InChI is InChI=1S/C18H27NO3.C8H7NO/c1-13-12-19(17(20)22-18(2,3)4)11-10-16(13)14-6-8-15(21-5)9-7-14;1-10-8-4-2-3-7(5-8)6-9/h6-9,13,16H,10-12H2,1-5H3;2-5H,1H3/t13?,16-;/m1./s1. The van der Waals surface area contributed by atoms with Crippen LogP contribution in [0.5, 0.6) is 11.5 Å². The Balaban J connectivity index is 0.000000303. The summed E-state index contributed by atoms with van der Waals surface area (Å²) < 4.78 is 15.6. The minimum atomic E-state index is -0.437. The first kappa shape index (κ1) is 25.1. The summed E-state index contributed by atoms with van der Waals surface area (Å²) in [6.07, 6.45) is 0.764. The quantitative estimate of drug-likeness (QED) is 0.622. The lowest BCUT2D eigenvalue weighted by Crippen LogP contribution is -2.44. The predicted molar refractivity (Wildman–Crippen MR) is 125 cm³/mol. The zero-order valence-electron chi connectivity index (χ0n) is 19.9. The van der Waals surface area contributed by atoms with Crippen LogP contribution in [-0.2, 0) is 4.74 Å². The fourth-order valence-electron chi connectivity index (χ4n) is 3.68.